The molecule has 3 aromatic rings. The average Bonchev–Trinajstić information content (AvgIpc) is 3.19. The van der Waals surface area contributed by atoms with Crippen molar-refractivity contribution in [2.75, 3.05) is 0 Å². The summed E-state index contributed by atoms with van der Waals surface area (Å²) in [5, 5.41) is 13.2. The molecule has 0 saturated carbocycles. The average molecular weight is 297 g/mol. The molecule has 0 aliphatic rings. The first-order chi connectivity index (χ1) is 10.7. The van der Waals surface area contributed by atoms with Crippen molar-refractivity contribution in [3.8, 4) is 0 Å². The molecule has 0 bridgehead atoms. The van der Waals surface area contributed by atoms with E-state index in [-0.39, 0.29) is 11.9 Å². The zero-order valence-electron chi connectivity index (χ0n) is 12.0. The molecule has 2 N–H and O–H groups in total. The van der Waals surface area contributed by atoms with Gasteiger partial charge in [0.25, 0.3) is 5.91 Å². The van der Waals surface area contributed by atoms with Crippen LogP contribution in [0.3, 0.4) is 0 Å². The molecule has 0 aliphatic heterocycles. The Morgan fingerprint density at radius 3 is 2.82 bits per heavy atom. The fourth-order valence-electron chi connectivity index (χ4n) is 2.15. The van der Waals surface area contributed by atoms with Crippen LogP contribution < -0.4 is 5.32 Å². The molecule has 22 heavy (non-hydrogen) atoms. The van der Waals surface area contributed by atoms with Gasteiger partial charge in [-0.05, 0) is 12.5 Å². The summed E-state index contributed by atoms with van der Waals surface area (Å²) in [6.45, 7) is 1.76. The van der Waals surface area contributed by atoms with Gasteiger partial charge >= 0.3 is 0 Å². The van der Waals surface area contributed by atoms with E-state index < -0.39 is 0 Å². The van der Waals surface area contributed by atoms with Crippen molar-refractivity contribution in [2.24, 2.45) is 0 Å². The van der Waals surface area contributed by atoms with Gasteiger partial charge in [-0.25, -0.2) is 0 Å². The Kier molecular flexibility index (Phi) is 3.95. The van der Waals surface area contributed by atoms with Crippen LogP contribution in [0.25, 0.3) is 0 Å². The predicted octanol–water partition coefficient (Wildman–Crippen LogP) is 1.81. The monoisotopic (exact) mass is 297 g/mol. The van der Waals surface area contributed by atoms with Crippen LogP contribution in [-0.4, -0.2) is 26.2 Å². The number of carbonyl (C=O) groups excluding carboxylic acids is 1. The zero-order chi connectivity index (χ0) is 15.4. The molecule has 2 aromatic heterocycles. The number of aromatic amines is 1. The summed E-state index contributed by atoms with van der Waals surface area (Å²) in [6.07, 6.45) is 3.46. The van der Waals surface area contributed by atoms with Crippen molar-refractivity contribution in [1.29, 1.82) is 0 Å². The Balaban J connectivity index is 1.81. The van der Waals surface area contributed by atoms with Crippen molar-refractivity contribution >= 4 is 5.91 Å². The molecule has 0 aliphatic carbocycles. The fourth-order valence-corrected chi connectivity index (χ4v) is 2.15. The SMILES string of the molecule is Cc1noc(CC(NC(=O)c2cn[nH]c2)c2ccccc2)n1. The number of aromatic nitrogens is 4. The second-order valence-electron chi connectivity index (χ2n) is 4.86. The quantitative estimate of drug-likeness (QED) is 0.748. The minimum absolute atomic E-state index is 0.209. The second kappa shape index (κ2) is 6.21. The van der Waals surface area contributed by atoms with E-state index in [0.29, 0.717) is 23.7 Å². The molecule has 7 heteroatoms. The summed E-state index contributed by atoms with van der Waals surface area (Å²) >= 11 is 0. The van der Waals surface area contributed by atoms with Crippen LogP contribution in [0.15, 0.2) is 47.2 Å². The van der Waals surface area contributed by atoms with E-state index >= 15 is 0 Å². The Bertz CT molecular complexity index is 736. The van der Waals surface area contributed by atoms with E-state index in [0.717, 1.165) is 5.56 Å². The number of rotatable bonds is 5. The molecule has 3 rings (SSSR count). The molecule has 1 atom stereocenters. The van der Waals surface area contributed by atoms with Crippen molar-refractivity contribution < 1.29 is 9.32 Å². The molecule has 0 fully saturated rings. The number of nitrogens with one attached hydrogen (secondary N) is 2. The lowest BCUT2D eigenvalue weighted by Gasteiger charge is -2.17. The number of carbonyl (C=O) groups is 1. The highest BCUT2D eigenvalue weighted by atomic mass is 16.5. The third-order valence-corrected chi connectivity index (χ3v) is 3.22. The van der Waals surface area contributed by atoms with Gasteiger partial charge < -0.3 is 9.84 Å². The van der Waals surface area contributed by atoms with Crippen molar-refractivity contribution in [3.63, 3.8) is 0 Å². The summed E-state index contributed by atoms with van der Waals surface area (Å²) in [4.78, 5) is 16.4. The number of H-pyrrole nitrogens is 1. The first-order valence-electron chi connectivity index (χ1n) is 6.86. The first kappa shape index (κ1) is 14.0. The minimum Gasteiger partial charge on any atom is -0.345 e. The van der Waals surface area contributed by atoms with E-state index in [1.165, 1.54) is 6.20 Å². The third kappa shape index (κ3) is 3.20. The Hall–Kier alpha value is -2.96. The molecular weight excluding hydrogens is 282 g/mol. The van der Waals surface area contributed by atoms with Crippen molar-refractivity contribution in [3.05, 3.63) is 65.6 Å². The van der Waals surface area contributed by atoms with Gasteiger partial charge in [-0.2, -0.15) is 10.1 Å². The summed E-state index contributed by atoms with van der Waals surface area (Å²) in [7, 11) is 0. The van der Waals surface area contributed by atoms with Crippen LogP contribution in [0.5, 0.6) is 0 Å². The van der Waals surface area contributed by atoms with Crippen LogP contribution in [0.1, 0.15) is 33.7 Å². The van der Waals surface area contributed by atoms with Crippen LogP contribution >= 0.6 is 0 Å². The van der Waals surface area contributed by atoms with Gasteiger partial charge in [0.05, 0.1) is 24.2 Å². The first-order valence-corrected chi connectivity index (χ1v) is 6.86. The number of hydrogen-bond acceptors (Lipinski definition) is 5. The number of amides is 1. The largest absolute Gasteiger partial charge is 0.345 e. The molecule has 2 heterocycles. The summed E-state index contributed by atoms with van der Waals surface area (Å²) in [5.41, 5.74) is 1.44. The van der Waals surface area contributed by atoms with Crippen molar-refractivity contribution in [2.45, 2.75) is 19.4 Å². The Morgan fingerprint density at radius 2 is 2.18 bits per heavy atom. The second-order valence-corrected chi connectivity index (χ2v) is 4.86. The highest BCUT2D eigenvalue weighted by Gasteiger charge is 2.19. The molecule has 0 radical (unpaired) electrons. The Labute approximate surface area is 126 Å². The van der Waals surface area contributed by atoms with E-state index in [1.54, 1.807) is 13.1 Å². The lowest BCUT2D eigenvalue weighted by Crippen LogP contribution is -2.29. The van der Waals surface area contributed by atoms with Crippen LogP contribution in [-0.2, 0) is 6.42 Å². The molecule has 1 amide bonds. The van der Waals surface area contributed by atoms with E-state index in [2.05, 4.69) is 25.7 Å². The maximum Gasteiger partial charge on any atom is 0.254 e. The number of benzene rings is 1. The smallest absolute Gasteiger partial charge is 0.254 e. The van der Waals surface area contributed by atoms with E-state index in [4.69, 9.17) is 4.52 Å². The maximum atomic E-state index is 12.2. The van der Waals surface area contributed by atoms with Crippen LogP contribution in [0, 0.1) is 6.92 Å². The zero-order valence-corrected chi connectivity index (χ0v) is 12.0. The number of aryl methyl sites for hydroxylation is 1. The number of nitrogens with zero attached hydrogens (tertiary/aromatic N) is 3. The fraction of sp³-hybridized carbons (Fsp3) is 0.200. The summed E-state index contributed by atoms with van der Waals surface area (Å²) in [5.74, 6) is 0.848. The third-order valence-electron chi connectivity index (χ3n) is 3.22. The van der Waals surface area contributed by atoms with E-state index in [1.807, 2.05) is 30.3 Å². The van der Waals surface area contributed by atoms with Gasteiger partial charge in [-0.3, -0.25) is 9.89 Å². The van der Waals surface area contributed by atoms with Gasteiger partial charge in [0, 0.05) is 6.20 Å². The molecule has 1 unspecified atom stereocenters. The molecule has 0 saturated heterocycles. The van der Waals surface area contributed by atoms with Crippen molar-refractivity contribution in [1.82, 2.24) is 25.7 Å². The van der Waals surface area contributed by atoms with Crippen LogP contribution in [0.4, 0.5) is 0 Å². The summed E-state index contributed by atoms with van der Waals surface area (Å²) in [6, 6.07) is 9.41. The maximum absolute atomic E-state index is 12.2. The molecule has 112 valence electrons. The highest BCUT2D eigenvalue weighted by molar-refractivity contribution is 5.93. The molecule has 7 nitrogen and oxygen atoms in total. The summed E-state index contributed by atoms with van der Waals surface area (Å²) < 4.78 is 5.16. The molecular formula is C15H15N5O2. The standard InChI is InChI=1S/C15H15N5O2/c1-10-18-14(22-20-10)7-13(11-5-3-2-4-6-11)19-15(21)12-8-16-17-9-12/h2-6,8-9,13H,7H2,1H3,(H,16,17)(H,19,21). The topological polar surface area (TPSA) is 96.7 Å². The van der Waals surface area contributed by atoms with Gasteiger partial charge in [-0.1, -0.05) is 35.5 Å². The van der Waals surface area contributed by atoms with Crippen LogP contribution in [0.2, 0.25) is 0 Å². The Morgan fingerprint density at radius 1 is 1.36 bits per heavy atom. The lowest BCUT2D eigenvalue weighted by molar-refractivity contribution is 0.0935. The van der Waals surface area contributed by atoms with Gasteiger partial charge in [-0.15, -0.1) is 0 Å². The van der Waals surface area contributed by atoms with Gasteiger partial charge in [0.1, 0.15) is 0 Å². The van der Waals surface area contributed by atoms with Gasteiger partial charge in [0.15, 0.2) is 5.82 Å². The van der Waals surface area contributed by atoms with Gasteiger partial charge in [0.2, 0.25) is 5.89 Å². The van der Waals surface area contributed by atoms with E-state index in [9.17, 15) is 4.79 Å². The molecule has 0 spiro atoms. The highest BCUT2D eigenvalue weighted by Crippen LogP contribution is 2.18. The number of hydrogen-bond donors (Lipinski definition) is 2. The molecule has 1 aromatic carbocycles. The normalized spacial score (nSPS) is 12.0. The minimum atomic E-state index is -0.261. The lowest BCUT2D eigenvalue weighted by atomic mass is 10.0. The predicted molar refractivity (Wildman–Crippen MR) is 78.0 cm³/mol.